The van der Waals surface area contributed by atoms with E-state index < -0.39 is 10.6 Å². The number of hydrogen-bond acceptors (Lipinski definition) is 0. The third kappa shape index (κ3) is 6.05. The van der Waals surface area contributed by atoms with Gasteiger partial charge in [-0.3, -0.25) is 0 Å². The third-order valence-corrected chi connectivity index (χ3v) is 30.4. The predicted molar refractivity (Wildman–Crippen MR) is 237 cm³/mol. The third-order valence-electron chi connectivity index (χ3n) is 9.92. The minimum absolute atomic E-state index is 0.789. The molecule has 0 unspecified atom stereocenters. The molecule has 7 aromatic carbocycles. The molecule has 50 heavy (non-hydrogen) atoms. The van der Waals surface area contributed by atoms with Crippen molar-refractivity contribution in [2.24, 2.45) is 0 Å². The van der Waals surface area contributed by atoms with Crippen LogP contribution in [0, 0.1) is 0 Å². The molecule has 0 fully saturated rings. The van der Waals surface area contributed by atoms with Crippen molar-refractivity contribution in [1.29, 1.82) is 0 Å². The number of hydrogen-bond donors (Lipinski definition) is 0. The zero-order chi connectivity index (χ0) is 34.7. The second-order valence-corrected chi connectivity index (χ2v) is 32.3. The molecule has 0 aliphatic rings. The van der Waals surface area contributed by atoms with Crippen molar-refractivity contribution < 1.29 is 0 Å². The summed E-state index contributed by atoms with van der Waals surface area (Å²) in [7, 11) is 0. The van der Waals surface area contributed by atoms with Gasteiger partial charge in [0.25, 0.3) is 0 Å². The summed E-state index contributed by atoms with van der Waals surface area (Å²) in [5.41, 5.74) is 2.47. The Morgan fingerprint density at radius 2 is 0.480 bits per heavy atom. The van der Waals surface area contributed by atoms with Crippen molar-refractivity contribution in [3.8, 4) is 0 Å². The Labute approximate surface area is 329 Å². The number of rotatable bonds is 10. The Kier molecular flexibility index (Phi) is 10.3. The predicted octanol–water partition coefficient (Wildman–Crippen LogP) is 11.9. The van der Waals surface area contributed by atoms with Gasteiger partial charge in [0.1, 0.15) is 0 Å². The van der Waals surface area contributed by atoms with E-state index in [0.717, 1.165) is 21.3 Å². The molecule has 0 spiro atoms. The first-order chi connectivity index (χ1) is 24.2. The molecule has 0 aliphatic carbocycles. The first-order valence-corrected chi connectivity index (χ1v) is 27.0. The van der Waals surface area contributed by atoms with Crippen molar-refractivity contribution in [3.05, 3.63) is 214 Å². The molecule has 0 nitrogen and oxygen atoms in total. The van der Waals surface area contributed by atoms with Gasteiger partial charge < -0.3 is 0 Å². The van der Waals surface area contributed by atoms with Gasteiger partial charge in [-0.25, -0.2) is 0 Å². The summed E-state index contributed by atoms with van der Waals surface area (Å²) in [6.07, 6.45) is 1.58. The first-order valence-electron chi connectivity index (χ1n) is 16.5. The quantitative estimate of drug-likeness (QED) is 0.120. The van der Waals surface area contributed by atoms with Crippen LogP contribution in [0.15, 0.2) is 203 Å². The van der Waals surface area contributed by atoms with Gasteiger partial charge in [-0.2, -0.15) is 0 Å². The van der Waals surface area contributed by atoms with Crippen LogP contribution in [0.1, 0.15) is 11.1 Å². The van der Waals surface area contributed by atoms with Gasteiger partial charge in [0.15, 0.2) is 0 Å². The maximum absolute atomic E-state index is 4.67. The van der Waals surface area contributed by atoms with Crippen molar-refractivity contribution in [1.82, 2.24) is 0 Å². The molecule has 250 valence electrons. The van der Waals surface area contributed by atoms with E-state index in [1.807, 2.05) is 0 Å². The van der Waals surface area contributed by atoms with Gasteiger partial charge in [-0.05, 0) is 0 Å². The normalized spacial score (nSPS) is 13.4. The molecule has 0 heterocycles. The molecule has 0 aromatic heterocycles. The van der Waals surface area contributed by atoms with Gasteiger partial charge in [-0.1, -0.05) is 0 Å². The number of halogens is 4. The molecule has 0 radical (unpaired) electrons. The van der Waals surface area contributed by atoms with Crippen molar-refractivity contribution in [2.75, 3.05) is 0 Å². The summed E-state index contributed by atoms with van der Waals surface area (Å²) in [5.74, 6) is 0. The standard InChI is InChI=1S/C44H36Br4P2/c45-43-32-36(34-50(48,40-25-13-4-14-26-40,41-27-15-5-16-28-41)42-29-17-6-18-30-42)44(46)31-35(43)33-49(47,37-19-7-1-8-20-37,38-21-9-2-10-22-38)39-23-11-3-12-24-39/h1-32H,33-34H2. The van der Waals surface area contributed by atoms with Crippen molar-refractivity contribution >= 4 is 105 Å². The van der Waals surface area contributed by atoms with Gasteiger partial charge in [0, 0.05) is 0 Å². The average molecular weight is 946 g/mol. The summed E-state index contributed by atoms with van der Waals surface area (Å²) < 4.78 is 2.19. The topological polar surface area (TPSA) is 0 Å². The molecule has 0 aliphatic heterocycles. The van der Waals surface area contributed by atoms with Crippen LogP contribution in [0.3, 0.4) is 0 Å². The summed E-state index contributed by atoms with van der Waals surface area (Å²) in [5, 5.41) is 1.33. The average Bonchev–Trinajstić information content (AvgIpc) is 3.19. The molecule has 0 N–H and O–H groups in total. The Bertz CT molecular complexity index is 1850. The van der Waals surface area contributed by atoms with Crippen LogP contribution in [-0.4, -0.2) is 0 Å². The molecule has 7 rings (SSSR count). The second kappa shape index (κ2) is 14.4. The van der Waals surface area contributed by atoms with E-state index in [0.29, 0.717) is 0 Å². The fourth-order valence-corrected chi connectivity index (χ4v) is 24.2. The molecule has 0 amide bonds. The fourth-order valence-electron chi connectivity index (χ4n) is 7.39. The van der Waals surface area contributed by atoms with Crippen LogP contribution in [-0.2, 0) is 12.3 Å². The van der Waals surface area contributed by atoms with Crippen LogP contribution in [0.5, 0.6) is 0 Å². The minimum atomic E-state index is -3.22. The summed E-state index contributed by atoms with van der Waals surface area (Å²) in [4.78, 5) is 0. The molecule has 7 aromatic rings. The molecule has 0 saturated heterocycles. The second-order valence-electron chi connectivity index (χ2n) is 12.7. The van der Waals surface area contributed by atoms with Crippen LogP contribution in [0.4, 0.5) is 0 Å². The Hall–Kier alpha value is -2.68. The van der Waals surface area contributed by atoms with Gasteiger partial charge in [0.2, 0.25) is 0 Å². The van der Waals surface area contributed by atoms with E-state index in [2.05, 4.69) is 257 Å². The van der Waals surface area contributed by atoms with Gasteiger partial charge in [0.05, 0.1) is 0 Å². The Balaban J connectivity index is 1.44. The van der Waals surface area contributed by atoms with Crippen molar-refractivity contribution in [2.45, 2.75) is 12.3 Å². The molecule has 6 heteroatoms. The van der Waals surface area contributed by atoms with E-state index >= 15 is 0 Å². The van der Waals surface area contributed by atoms with E-state index in [-0.39, 0.29) is 0 Å². The van der Waals surface area contributed by atoms with E-state index in [1.54, 1.807) is 0 Å². The number of benzene rings is 7. The first kappa shape index (κ1) is 35.7. The SMILES string of the molecule is Brc1cc(CP(Br)(c2ccccc2)(c2ccccc2)c2ccccc2)c(Br)cc1CP(Br)(c1ccccc1)(c1ccccc1)c1ccccc1. The molecule has 0 saturated carbocycles. The van der Waals surface area contributed by atoms with E-state index in [9.17, 15) is 0 Å². The molecular formula is C44H36Br4P2. The van der Waals surface area contributed by atoms with E-state index in [1.165, 1.54) is 43.0 Å². The van der Waals surface area contributed by atoms with Crippen LogP contribution >= 0.6 is 73.4 Å². The Morgan fingerprint density at radius 3 is 0.660 bits per heavy atom. The van der Waals surface area contributed by atoms with Crippen molar-refractivity contribution in [3.63, 3.8) is 0 Å². The maximum atomic E-state index is 4.67. The van der Waals surface area contributed by atoms with Crippen LogP contribution in [0.2, 0.25) is 0 Å². The summed E-state index contributed by atoms with van der Waals surface area (Å²) in [6.45, 7) is 0. The fraction of sp³-hybridized carbons (Fsp3) is 0.0455. The van der Waals surface area contributed by atoms with Crippen LogP contribution in [0.25, 0.3) is 0 Å². The van der Waals surface area contributed by atoms with Gasteiger partial charge in [-0.15, -0.1) is 0 Å². The Morgan fingerprint density at radius 1 is 0.300 bits per heavy atom. The van der Waals surface area contributed by atoms with Crippen LogP contribution < -0.4 is 31.8 Å². The zero-order valence-corrected chi connectivity index (χ0v) is 35.4. The van der Waals surface area contributed by atoms with E-state index in [4.69, 9.17) is 0 Å². The van der Waals surface area contributed by atoms with Gasteiger partial charge >= 0.3 is 332 Å². The summed E-state index contributed by atoms with van der Waals surface area (Å²) in [6, 6.07) is 70.7. The molecular weight excluding hydrogens is 910 g/mol. The zero-order valence-electron chi connectivity index (χ0n) is 27.3. The monoisotopic (exact) mass is 942 g/mol. The molecule has 0 bridgehead atoms. The molecule has 0 atom stereocenters. The summed E-state index contributed by atoms with van der Waals surface area (Å²) >= 11 is 17.6.